The first-order valence-corrected chi connectivity index (χ1v) is 9.26. The molecule has 5 nitrogen and oxygen atoms in total. The molecule has 0 aliphatic heterocycles. The summed E-state index contributed by atoms with van der Waals surface area (Å²) in [5.74, 6) is 0.824. The topological polar surface area (TPSA) is 65.5 Å². The van der Waals surface area contributed by atoms with Crippen molar-refractivity contribution in [2.45, 2.75) is 58.9 Å². The SMILES string of the molecule is CCNC(=NCC(C)(C)c1ccccc1)NCCC(=O)NC(C)CC. The molecule has 0 fully saturated rings. The Balaban J connectivity index is 2.55. The summed E-state index contributed by atoms with van der Waals surface area (Å²) in [5, 5.41) is 9.46. The molecule has 0 aliphatic rings. The molecule has 0 spiro atoms. The van der Waals surface area contributed by atoms with Crippen LogP contribution in [0.3, 0.4) is 0 Å². The highest BCUT2D eigenvalue weighted by Crippen LogP contribution is 2.22. The van der Waals surface area contributed by atoms with Crippen molar-refractivity contribution >= 4 is 11.9 Å². The second kappa shape index (κ2) is 10.7. The summed E-state index contributed by atoms with van der Waals surface area (Å²) in [7, 11) is 0. The van der Waals surface area contributed by atoms with Gasteiger partial charge >= 0.3 is 0 Å². The molecule has 0 bridgehead atoms. The van der Waals surface area contributed by atoms with Gasteiger partial charge in [0.05, 0.1) is 6.54 Å². The number of nitrogens with zero attached hydrogens (tertiary/aromatic N) is 1. The van der Waals surface area contributed by atoms with Crippen LogP contribution in [0.2, 0.25) is 0 Å². The average molecular weight is 347 g/mol. The van der Waals surface area contributed by atoms with Crippen LogP contribution in [-0.2, 0) is 10.2 Å². The number of rotatable bonds is 9. The molecule has 1 aromatic rings. The van der Waals surface area contributed by atoms with E-state index in [1.54, 1.807) is 0 Å². The second-order valence-corrected chi connectivity index (χ2v) is 7.00. The minimum absolute atomic E-state index is 0.0441. The number of carbonyl (C=O) groups excluding carboxylic acids is 1. The maximum atomic E-state index is 11.8. The Morgan fingerprint density at radius 2 is 1.84 bits per heavy atom. The first-order valence-electron chi connectivity index (χ1n) is 9.26. The molecule has 140 valence electrons. The fraction of sp³-hybridized carbons (Fsp3) is 0.600. The van der Waals surface area contributed by atoms with Crippen LogP contribution in [0.4, 0.5) is 0 Å². The van der Waals surface area contributed by atoms with E-state index < -0.39 is 0 Å². The molecule has 1 amide bonds. The highest BCUT2D eigenvalue weighted by molar-refractivity contribution is 5.81. The zero-order chi connectivity index (χ0) is 18.7. The van der Waals surface area contributed by atoms with Gasteiger partial charge in [0.15, 0.2) is 5.96 Å². The van der Waals surface area contributed by atoms with Gasteiger partial charge < -0.3 is 16.0 Å². The molecular formula is C20H34N4O. The van der Waals surface area contributed by atoms with E-state index in [9.17, 15) is 4.79 Å². The van der Waals surface area contributed by atoms with E-state index in [4.69, 9.17) is 4.99 Å². The van der Waals surface area contributed by atoms with E-state index in [0.717, 1.165) is 18.9 Å². The third-order valence-corrected chi connectivity index (χ3v) is 4.20. The fourth-order valence-electron chi connectivity index (χ4n) is 2.34. The summed E-state index contributed by atoms with van der Waals surface area (Å²) in [5.41, 5.74) is 1.22. The van der Waals surface area contributed by atoms with Crippen LogP contribution in [-0.4, -0.2) is 37.5 Å². The lowest BCUT2D eigenvalue weighted by atomic mass is 9.85. The number of benzene rings is 1. The van der Waals surface area contributed by atoms with Gasteiger partial charge in [0.25, 0.3) is 0 Å². The molecule has 0 saturated heterocycles. The van der Waals surface area contributed by atoms with Gasteiger partial charge in [-0.3, -0.25) is 9.79 Å². The Morgan fingerprint density at radius 1 is 1.16 bits per heavy atom. The van der Waals surface area contributed by atoms with E-state index in [1.165, 1.54) is 5.56 Å². The molecular weight excluding hydrogens is 312 g/mol. The maximum Gasteiger partial charge on any atom is 0.221 e. The summed E-state index contributed by atoms with van der Waals surface area (Å²) in [6.07, 6.45) is 1.38. The molecule has 0 heterocycles. The summed E-state index contributed by atoms with van der Waals surface area (Å²) >= 11 is 0. The maximum absolute atomic E-state index is 11.8. The third-order valence-electron chi connectivity index (χ3n) is 4.20. The van der Waals surface area contributed by atoms with Crippen molar-refractivity contribution in [2.24, 2.45) is 4.99 Å². The molecule has 0 radical (unpaired) electrons. The summed E-state index contributed by atoms with van der Waals surface area (Å²) in [6.45, 7) is 12.5. The van der Waals surface area contributed by atoms with Crippen molar-refractivity contribution in [1.29, 1.82) is 0 Å². The number of guanidine groups is 1. The second-order valence-electron chi connectivity index (χ2n) is 7.00. The van der Waals surface area contributed by atoms with E-state index >= 15 is 0 Å². The largest absolute Gasteiger partial charge is 0.357 e. The van der Waals surface area contributed by atoms with Gasteiger partial charge in [-0.25, -0.2) is 0 Å². The quantitative estimate of drug-likeness (QED) is 0.476. The zero-order valence-corrected chi connectivity index (χ0v) is 16.4. The molecule has 0 saturated carbocycles. The molecule has 3 N–H and O–H groups in total. The van der Waals surface area contributed by atoms with E-state index in [2.05, 4.69) is 61.0 Å². The number of hydrogen-bond donors (Lipinski definition) is 3. The lowest BCUT2D eigenvalue weighted by Crippen LogP contribution is -2.41. The predicted octanol–water partition coefficient (Wildman–Crippen LogP) is 2.82. The van der Waals surface area contributed by atoms with Crippen molar-refractivity contribution in [3.63, 3.8) is 0 Å². The van der Waals surface area contributed by atoms with Crippen molar-refractivity contribution in [1.82, 2.24) is 16.0 Å². The lowest BCUT2D eigenvalue weighted by Gasteiger charge is -2.24. The molecule has 5 heteroatoms. The van der Waals surface area contributed by atoms with Crippen molar-refractivity contribution in [3.05, 3.63) is 35.9 Å². The predicted molar refractivity (Wildman–Crippen MR) is 106 cm³/mol. The molecule has 1 rings (SSSR count). The minimum Gasteiger partial charge on any atom is -0.357 e. The Hall–Kier alpha value is -2.04. The molecule has 1 atom stereocenters. The Kier molecular flexibility index (Phi) is 9.03. The van der Waals surface area contributed by atoms with Crippen LogP contribution in [0.5, 0.6) is 0 Å². The molecule has 1 aromatic carbocycles. The van der Waals surface area contributed by atoms with E-state index in [0.29, 0.717) is 19.5 Å². The fourth-order valence-corrected chi connectivity index (χ4v) is 2.34. The summed E-state index contributed by atoms with van der Waals surface area (Å²) in [6, 6.07) is 10.6. The third kappa shape index (κ3) is 8.05. The van der Waals surface area contributed by atoms with Crippen LogP contribution < -0.4 is 16.0 Å². The summed E-state index contributed by atoms with van der Waals surface area (Å²) in [4.78, 5) is 16.5. The first kappa shape index (κ1) is 21.0. The standard InChI is InChI=1S/C20H34N4O/c1-6-16(3)24-18(25)13-14-22-19(21-7-2)23-15-20(4,5)17-11-9-8-10-12-17/h8-12,16H,6-7,13-15H2,1-5H3,(H,24,25)(H2,21,22,23). The Morgan fingerprint density at radius 3 is 2.44 bits per heavy atom. The van der Waals surface area contributed by atoms with Gasteiger partial charge in [-0.05, 0) is 25.8 Å². The average Bonchev–Trinajstić information content (AvgIpc) is 2.60. The van der Waals surface area contributed by atoms with Crippen LogP contribution in [0, 0.1) is 0 Å². The lowest BCUT2D eigenvalue weighted by molar-refractivity contribution is -0.121. The first-order chi connectivity index (χ1) is 11.9. The molecule has 1 unspecified atom stereocenters. The van der Waals surface area contributed by atoms with Crippen LogP contribution >= 0.6 is 0 Å². The number of carbonyl (C=O) groups is 1. The minimum atomic E-state index is -0.0441. The van der Waals surface area contributed by atoms with Gasteiger partial charge in [0.2, 0.25) is 5.91 Å². The zero-order valence-electron chi connectivity index (χ0n) is 16.4. The number of nitrogens with one attached hydrogen (secondary N) is 3. The molecule has 25 heavy (non-hydrogen) atoms. The molecule has 0 aliphatic carbocycles. The van der Waals surface area contributed by atoms with Crippen molar-refractivity contribution in [2.75, 3.05) is 19.6 Å². The number of aliphatic imine (C=N–C) groups is 1. The summed E-state index contributed by atoms with van der Waals surface area (Å²) < 4.78 is 0. The van der Waals surface area contributed by atoms with E-state index in [1.807, 2.05) is 19.9 Å². The van der Waals surface area contributed by atoms with Gasteiger partial charge in [-0.15, -0.1) is 0 Å². The normalized spacial score (nSPS) is 13.2. The van der Waals surface area contributed by atoms with Crippen LogP contribution in [0.25, 0.3) is 0 Å². The Bertz CT molecular complexity index is 540. The van der Waals surface area contributed by atoms with Crippen molar-refractivity contribution < 1.29 is 4.79 Å². The smallest absolute Gasteiger partial charge is 0.221 e. The number of hydrogen-bond acceptors (Lipinski definition) is 2. The monoisotopic (exact) mass is 346 g/mol. The van der Waals surface area contributed by atoms with Gasteiger partial charge in [0, 0.05) is 31.0 Å². The van der Waals surface area contributed by atoms with Gasteiger partial charge in [-0.2, -0.15) is 0 Å². The van der Waals surface area contributed by atoms with Crippen LogP contribution in [0.1, 0.15) is 53.0 Å². The van der Waals surface area contributed by atoms with Gasteiger partial charge in [0.1, 0.15) is 0 Å². The van der Waals surface area contributed by atoms with Crippen molar-refractivity contribution in [3.8, 4) is 0 Å². The highest BCUT2D eigenvalue weighted by Gasteiger charge is 2.20. The Labute approximate surface area is 152 Å². The van der Waals surface area contributed by atoms with E-state index in [-0.39, 0.29) is 17.4 Å². The molecule has 0 aromatic heterocycles. The van der Waals surface area contributed by atoms with Gasteiger partial charge in [-0.1, -0.05) is 51.1 Å². The van der Waals surface area contributed by atoms with Crippen LogP contribution in [0.15, 0.2) is 35.3 Å². The number of amides is 1. The highest BCUT2D eigenvalue weighted by atomic mass is 16.1.